The van der Waals surface area contributed by atoms with E-state index in [4.69, 9.17) is 5.11 Å². The number of carbonyl (C=O) groups excluding carboxylic acids is 1. The Morgan fingerprint density at radius 3 is 2.53 bits per heavy atom. The lowest BCUT2D eigenvalue weighted by Gasteiger charge is -2.22. The van der Waals surface area contributed by atoms with E-state index in [0.29, 0.717) is 5.56 Å². The average molecular weight is 236 g/mol. The van der Waals surface area contributed by atoms with Crippen molar-refractivity contribution in [3.05, 3.63) is 47.4 Å². The number of hydrogen-bond acceptors (Lipinski definition) is 2. The highest BCUT2D eigenvalue weighted by Crippen LogP contribution is 2.18. The number of hydrogen-bond donors (Lipinski definition) is 3. The van der Waals surface area contributed by atoms with Crippen LogP contribution in [0.4, 0.5) is 9.18 Å². The molecular formula is C11H9FN2O3. The third kappa shape index (κ3) is 2.41. The van der Waals surface area contributed by atoms with Crippen molar-refractivity contribution in [1.82, 2.24) is 10.6 Å². The molecule has 3 N–H and O–H groups in total. The Labute approximate surface area is 95.9 Å². The molecule has 6 heteroatoms. The first kappa shape index (κ1) is 11.1. The van der Waals surface area contributed by atoms with Crippen molar-refractivity contribution in [2.75, 3.05) is 0 Å². The number of urea groups is 1. The molecule has 17 heavy (non-hydrogen) atoms. The van der Waals surface area contributed by atoms with Crippen LogP contribution in [-0.2, 0) is 4.79 Å². The van der Waals surface area contributed by atoms with Gasteiger partial charge in [-0.1, -0.05) is 12.1 Å². The molecule has 0 saturated heterocycles. The van der Waals surface area contributed by atoms with Crippen molar-refractivity contribution in [1.29, 1.82) is 0 Å². The SMILES string of the molecule is O=C1NC(C(=O)O)=C[C@H](c2ccc(F)cc2)N1. The maximum atomic E-state index is 12.7. The Kier molecular flexibility index (Phi) is 2.78. The third-order valence-corrected chi connectivity index (χ3v) is 2.33. The van der Waals surface area contributed by atoms with Gasteiger partial charge in [-0.2, -0.15) is 0 Å². The summed E-state index contributed by atoms with van der Waals surface area (Å²) in [5, 5.41) is 13.5. The minimum absolute atomic E-state index is 0.192. The minimum atomic E-state index is -1.22. The highest BCUT2D eigenvalue weighted by Gasteiger charge is 2.22. The second kappa shape index (κ2) is 4.25. The zero-order chi connectivity index (χ0) is 12.4. The Morgan fingerprint density at radius 2 is 1.94 bits per heavy atom. The molecule has 0 aliphatic carbocycles. The smallest absolute Gasteiger partial charge is 0.352 e. The van der Waals surface area contributed by atoms with Crippen molar-refractivity contribution >= 4 is 12.0 Å². The van der Waals surface area contributed by atoms with E-state index >= 15 is 0 Å². The van der Waals surface area contributed by atoms with Crippen LogP contribution in [0.2, 0.25) is 0 Å². The molecule has 0 spiro atoms. The first-order chi connectivity index (χ1) is 8.06. The van der Waals surface area contributed by atoms with Crippen LogP contribution < -0.4 is 10.6 Å². The molecule has 0 unspecified atom stereocenters. The highest BCUT2D eigenvalue weighted by molar-refractivity contribution is 5.93. The highest BCUT2D eigenvalue weighted by atomic mass is 19.1. The van der Waals surface area contributed by atoms with E-state index in [9.17, 15) is 14.0 Å². The maximum absolute atomic E-state index is 12.7. The van der Waals surface area contributed by atoms with E-state index in [1.165, 1.54) is 30.3 Å². The van der Waals surface area contributed by atoms with E-state index in [-0.39, 0.29) is 5.70 Å². The molecular weight excluding hydrogens is 227 g/mol. The molecule has 0 radical (unpaired) electrons. The maximum Gasteiger partial charge on any atom is 0.352 e. The molecule has 2 rings (SSSR count). The van der Waals surface area contributed by atoms with Crippen molar-refractivity contribution in [2.45, 2.75) is 6.04 Å². The van der Waals surface area contributed by atoms with E-state index in [2.05, 4.69) is 10.6 Å². The number of rotatable bonds is 2. The van der Waals surface area contributed by atoms with Crippen molar-refractivity contribution in [3.63, 3.8) is 0 Å². The molecule has 1 atom stereocenters. The number of carboxylic acid groups (broad SMARTS) is 1. The predicted octanol–water partition coefficient (Wildman–Crippen LogP) is 1.15. The fourth-order valence-electron chi connectivity index (χ4n) is 1.52. The minimum Gasteiger partial charge on any atom is -0.477 e. The number of aliphatic carboxylic acids is 1. The van der Waals surface area contributed by atoms with Gasteiger partial charge in [-0.15, -0.1) is 0 Å². The van der Waals surface area contributed by atoms with Crippen LogP contribution >= 0.6 is 0 Å². The largest absolute Gasteiger partial charge is 0.477 e. The number of carbonyl (C=O) groups is 2. The number of amides is 2. The summed E-state index contributed by atoms with van der Waals surface area (Å²) in [6.07, 6.45) is 1.36. The molecule has 1 aliphatic heterocycles. The van der Waals surface area contributed by atoms with Gasteiger partial charge in [-0.3, -0.25) is 0 Å². The fraction of sp³-hybridized carbons (Fsp3) is 0.0909. The quantitative estimate of drug-likeness (QED) is 0.720. The monoisotopic (exact) mass is 236 g/mol. The molecule has 0 bridgehead atoms. The normalized spacial score (nSPS) is 19.0. The zero-order valence-corrected chi connectivity index (χ0v) is 8.61. The van der Waals surface area contributed by atoms with E-state index in [1.54, 1.807) is 0 Å². The summed E-state index contributed by atoms with van der Waals surface area (Å²) < 4.78 is 12.7. The van der Waals surface area contributed by atoms with Crippen LogP contribution in [0.5, 0.6) is 0 Å². The number of carboxylic acids is 1. The molecule has 2 amide bonds. The molecule has 88 valence electrons. The summed E-state index contributed by atoms with van der Waals surface area (Å²) in [4.78, 5) is 22.0. The van der Waals surface area contributed by atoms with E-state index < -0.39 is 23.9 Å². The lowest BCUT2D eigenvalue weighted by molar-refractivity contribution is -0.133. The second-order valence-electron chi connectivity index (χ2n) is 3.51. The summed E-state index contributed by atoms with van der Waals surface area (Å²) in [6, 6.07) is 4.30. The standard InChI is InChI=1S/C11H9FN2O3/c12-7-3-1-6(2-4-7)8-5-9(10(15)16)14-11(17)13-8/h1-5,8H,(H,15,16)(H2,13,14,17)/t8-/m1/s1. The summed E-state index contributed by atoms with van der Waals surface area (Å²) >= 11 is 0. The van der Waals surface area contributed by atoms with E-state index in [0.717, 1.165) is 0 Å². The van der Waals surface area contributed by atoms with Crippen LogP contribution in [0.25, 0.3) is 0 Å². The number of halogens is 1. The summed E-state index contributed by atoms with van der Waals surface area (Å²) in [5.41, 5.74) is 0.420. The van der Waals surface area contributed by atoms with Gasteiger partial charge in [0.1, 0.15) is 11.5 Å². The molecule has 0 saturated carbocycles. The summed E-state index contributed by atoms with van der Waals surface area (Å²) in [7, 11) is 0. The van der Waals surface area contributed by atoms with Crippen LogP contribution in [-0.4, -0.2) is 17.1 Å². The van der Waals surface area contributed by atoms with Crippen molar-refractivity contribution < 1.29 is 19.1 Å². The van der Waals surface area contributed by atoms with Gasteiger partial charge in [-0.25, -0.2) is 14.0 Å². The fourth-order valence-corrected chi connectivity index (χ4v) is 1.52. The van der Waals surface area contributed by atoms with Gasteiger partial charge < -0.3 is 15.7 Å². The van der Waals surface area contributed by atoms with Gasteiger partial charge in [0.15, 0.2) is 0 Å². The second-order valence-corrected chi connectivity index (χ2v) is 3.51. The van der Waals surface area contributed by atoms with Gasteiger partial charge in [0, 0.05) is 0 Å². The Bertz CT molecular complexity index is 496. The van der Waals surface area contributed by atoms with Gasteiger partial charge in [0.2, 0.25) is 0 Å². The Balaban J connectivity index is 2.32. The lowest BCUT2D eigenvalue weighted by atomic mass is 10.0. The van der Waals surface area contributed by atoms with Gasteiger partial charge in [0.05, 0.1) is 6.04 Å². The molecule has 1 aromatic carbocycles. The van der Waals surface area contributed by atoms with Crippen LogP contribution in [0.3, 0.4) is 0 Å². The summed E-state index contributed by atoms with van der Waals surface area (Å²) in [6.45, 7) is 0. The first-order valence-corrected chi connectivity index (χ1v) is 4.84. The Morgan fingerprint density at radius 1 is 1.29 bits per heavy atom. The predicted molar refractivity (Wildman–Crippen MR) is 56.5 cm³/mol. The van der Waals surface area contributed by atoms with Crippen LogP contribution in [0.15, 0.2) is 36.0 Å². The average Bonchev–Trinajstić information content (AvgIpc) is 2.29. The molecule has 1 aliphatic rings. The third-order valence-electron chi connectivity index (χ3n) is 2.33. The molecule has 1 aromatic rings. The lowest BCUT2D eigenvalue weighted by Crippen LogP contribution is -2.43. The summed E-state index contributed by atoms with van der Waals surface area (Å²) in [5.74, 6) is -1.61. The van der Waals surface area contributed by atoms with E-state index in [1.807, 2.05) is 0 Å². The molecule has 0 aromatic heterocycles. The van der Waals surface area contributed by atoms with Crippen LogP contribution in [0.1, 0.15) is 11.6 Å². The first-order valence-electron chi connectivity index (χ1n) is 4.84. The van der Waals surface area contributed by atoms with Crippen molar-refractivity contribution in [3.8, 4) is 0 Å². The zero-order valence-electron chi connectivity index (χ0n) is 8.61. The Hall–Kier alpha value is -2.37. The van der Waals surface area contributed by atoms with Crippen LogP contribution in [0, 0.1) is 5.82 Å². The van der Waals surface area contributed by atoms with Crippen molar-refractivity contribution in [2.24, 2.45) is 0 Å². The molecule has 5 nitrogen and oxygen atoms in total. The van der Waals surface area contributed by atoms with Gasteiger partial charge in [-0.05, 0) is 23.8 Å². The topological polar surface area (TPSA) is 78.4 Å². The number of benzene rings is 1. The molecule has 1 heterocycles. The number of nitrogens with one attached hydrogen (secondary N) is 2. The van der Waals surface area contributed by atoms with Gasteiger partial charge >= 0.3 is 12.0 Å². The molecule has 0 fully saturated rings. The van der Waals surface area contributed by atoms with Gasteiger partial charge in [0.25, 0.3) is 0 Å².